The molecule has 4 aromatic rings. The highest BCUT2D eigenvalue weighted by atomic mass is 16.5. The van der Waals surface area contributed by atoms with E-state index in [1.54, 1.807) is 24.4 Å². The van der Waals surface area contributed by atoms with Gasteiger partial charge < -0.3 is 14.4 Å². The number of carbonyl (C=O) groups is 5. The fourth-order valence-electron chi connectivity index (χ4n) is 6.80. The maximum atomic E-state index is 13.3. The third kappa shape index (κ3) is 6.69. The van der Waals surface area contributed by atoms with E-state index in [9.17, 15) is 24.0 Å². The highest BCUT2D eigenvalue weighted by Gasteiger charge is 2.45. The summed E-state index contributed by atoms with van der Waals surface area (Å²) in [4.78, 5) is 73.3. The molecular formula is C39H37N5O7. The van der Waals surface area contributed by atoms with Crippen LogP contribution in [0.3, 0.4) is 0 Å². The number of hydrogen-bond acceptors (Lipinski definition) is 10. The van der Waals surface area contributed by atoms with Gasteiger partial charge in [0.1, 0.15) is 30.3 Å². The zero-order chi connectivity index (χ0) is 35.9. The predicted octanol–water partition coefficient (Wildman–Crippen LogP) is 4.64. The second-order valence-electron chi connectivity index (χ2n) is 13.5. The number of aromatic nitrogens is 2. The van der Waals surface area contributed by atoms with Gasteiger partial charge in [0.05, 0.1) is 23.4 Å². The Bertz CT molecular complexity index is 2040. The number of nitrogens with zero attached hydrogens (tertiary/aromatic N) is 4. The molecule has 12 heteroatoms. The summed E-state index contributed by atoms with van der Waals surface area (Å²) in [7, 11) is 0. The van der Waals surface area contributed by atoms with Gasteiger partial charge in [-0.25, -0.2) is 9.97 Å². The van der Waals surface area contributed by atoms with Crippen LogP contribution in [0.5, 0.6) is 11.5 Å². The molecule has 0 saturated carbocycles. The molecular weight excluding hydrogens is 650 g/mol. The number of carbonyl (C=O) groups excluding carboxylic acids is 5. The van der Waals surface area contributed by atoms with Crippen molar-refractivity contribution >= 4 is 35.1 Å². The number of hydrogen-bond donors (Lipinski definition) is 1. The first-order chi connectivity index (χ1) is 24.5. The Balaban J connectivity index is 0.949. The van der Waals surface area contributed by atoms with Crippen molar-refractivity contribution in [2.45, 2.75) is 64.2 Å². The standard InChI is InChI=1S/C39H37N5O7/c1-23(45)35-40-18-16-26(41-35)22-50-28-9-4-24(5-10-28)39(2,3)25-6-11-29(12-7-25)51-30-17-19-43(21-30)27-8-13-31-32(20-27)38(49)44(37(31)48)33-14-15-34(46)42-36(33)47/h4-13,16,18,20,30,33H,14-15,17,19,21-22H2,1-3H3,(H,42,46,47). The van der Waals surface area contributed by atoms with Crippen LogP contribution < -0.4 is 19.7 Å². The number of fused-ring (bicyclic) bond motifs is 1. The maximum Gasteiger partial charge on any atom is 0.262 e. The third-order valence-corrected chi connectivity index (χ3v) is 9.80. The Morgan fingerprint density at radius 1 is 0.882 bits per heavy atom. The molecule has 3 aliphatic heterocycles. The van der Waals surface area contributed by atoms with E-state index in [0.717, 1.165) is 33.9 Å². The lowest BCUT2D eigenvalue weighted by Gasteiger charge is -2.27. The van der Waals surface area contributed by atoms with Crippen LogP contribution in [0.15, 0.2) is 79.0 Å². The average Bonchev–Trinajstić information content (AvgIpc) is 3.69. The summed E-state index contributed by atoms with van der Waals surface area (Å²) in [6, 6.07) is 22.0. The van der Waals surface area contributed by atoms with Crippen LogP contribution in [0.25, 0.3) is 0 Å². The fourth-order valence-corrected chi connectivity index (χ4v) is 6.80. The Labute approximate surface area is 294 Å². The van der Waals surface area contributed by atoms with Crippen molar-refractivity contribution in [1.29, 1.82) is 0 Å². The second-order valence-corrected chi connectivity index (χ2v) is 13.5. The molecule has 2 saturated heterocycles. The molecule has 2 fully saturated rings. The molecule has 2 atom stereocenters. The zero-order valence-corrected chi connectivity index (χ0v) is 28.5. The Kier molecular flexibility index (Phi) is 8.84. The first-order valence-corrected chi connectivity index (χ1v) is 16.9. The van der Waals surface area contributed by atoms with Gasteiger partial charge in [-0.1, -0.05) is 38.1 Å². The maximum absolute atomic E-state index is 13.3. The van der Waals surface area contributed by atoms with Crippen molar-refractivity contribution in [2.24, 2.45) is 0 Å². The lowest BCUT2D eigenvalue weighted by atomic mass is 9.78. The topological polar surface area (TPSA) is 148 Å². The Morgan fingerprint density at radius 2 is 1.57 bits per heavy atom. The van der Waals surface area contributed by atoms with E-state index < -0.39 is 29.7 Å². The van der Waals surface area contributed by atoms with Gasteiger partial charge in [-0.3, -0.25) is 34.2 Å². The van der Waals surface area contributed by atoms with Crippen LogP contribution >= 0.6 is 0 Å². The molecule has 3 aromatic carbocycles. The van der Waals surface area contributed by atoms with Crippen LogP contribution in [-0.2, 0) is 21.6 Å². The van der Waals surface area contributed by atoms with Crippen molar-refractivity contribution in [3.63, 3.8) is 0 Å². The van der Waals surface area contributed by atoms with Crippen LogP contribution in [-0.4, -0.2) is 69.5 Å². The van der Waals surface area contributed by atoms with Crippen molar-refractivity contribution in [2.75, 3.05) is 18.0 Å². The molecule has 51 heavy (non-hydrogen) atoms. The molecule has 0 aliphatic carbocycles. The predicted molar refractivity (Wildman–Crippen MR) is 186 cm³/mol. The third-order valence-electron chi connectivity index (χ3n) is 9.80. The molecule has 4 amide bonds. The number of ketones is 1. The van der Waals surface area contributed by atoms with Gasteiger partial charge in [-0.05, 0) is 66.1 Å². The summed E-state index contributed by atoms with van der Waals surface area (Å²) in [5.41, 5.74) is 3.91. The van der Waals surface area contributed by atoms with Gasteiger partial charge in [0.2, 0.25) is 11.8 Å². The largest absolute Gasteiger partial charge is 0.489 e. The lowest BCUT2D eigenvalue weighted by Crippen LogP contribution is -2.54. The molecule has 2 unspecified atom stereocenters. The number of amides is 4. The summed E-state index contributed by atoms with van der Waals surface area (Å²) < 4.78 is 12.3. The number of benzene rings is 3. The van der Waals surface area contributed by atoms with Gasteiger partial charge in [-0.15, -0.1) is 0 Å². The summed E-state index contributed by atoms with van der Waals surface area (Å²) in [6.45, 7) is 7.31. The molecule has 4 heterocycles. The normalized spacial score (nSPS) is 18.9. The van der Waals surface area contributed by atoms with E-state index in [1.807, 2.05) is 42.5 Å². The molecule has 1 N–H and O–H groups in total. The minimum atomic E-state index is -0.994. The number of ether oxygens (including phenoxy) is 2. The van der Waals surface area contributed by atoms with E-state index in [1.165, 1.54) is 6.92 Å². The van der Waals surface area contributed by atoms with Crippen LogP contribution in [0.1, 0.15) is 88.2 Å². The minimum Gasteiger partial charge on any atom is -0.489 e. The van der Waals surface area contributed by atoms with Crippen molar-refractivity contribution in [3.05, 3.63) is 113 Å². The minimum absolute atomic E-state index is 0.0710. The lowest BCUT2D eigenvalue weighted by molar-refractivity contribution is -0.136. The van der Waals surface area contributed by atoms with Gasteiger partial charge >= 0.3 is 0 Å². The monoisotopic (exact) mass is 687 g/mol. The summed E-state index contributed by atoms with van der Waals surface area (Å²) in [5.74, 6) is -0.628. The highest BCUT2D eigenvalue weighted by molar-refractivity contribution is 6.23. The van der Waals surface area contributed by atoms with Gasteiger partial charge in [0.15, 0.2) is 11.6 Å². The van der Waals surface area contributed by atoms with Gasteiger partial charge in [0.25, 0.3) is 11.8 Å². The molecule has 0 radical (unpaired) electrons. The van der Waals surface area contributed by atoms with Crippen molar-refractivity contribution < 1.29 is 33.4 Å². The highest BCUT2D eigenvalue weighted by Crippen LogP contribution is 2.35. The molecule has 3 aliphatic rings. The van der Waals surface area contributed by atoms with E-state index in [0.29, 0.717) is 24.5 Å². The molecule has 260 valence electrons. The van der Waals surface area contributed by atoms with Gasteiger partial charge in [0, 0.05) is 43.6 Å². The van der Waals surface area contributed by atoms with Crippen molar-refractivity contribution in [3.8, 4) is 11.5 Å². The SMILES string of the molecule is CC(=O)c1nccc(COc2ccc(C(C)(C)c3ccc(OC4CCN(c5ccc6c(c5)C(=O)N(C5CCC(=O)NC5=O)C6=O)C4)cc3)cc2)n1. The number of piperidine rings is 1. The fraction of sp³-hybridized carbons (Fsp3) is 0.308. The molecule has 7 rings (SSSR count). The average molecular weight is 688 g/mol. The number of imide groups is 2. The molecule has 0 spiro atoms. The smallest absolute Gasteiger partial charge is 0.262 e. The Hall–Kier alpha value is -5.91. The Morgan fingerprint density at radius 3 is 2.25 bits per heavy atom. The van der Waals surface area contributed by atoms with Crippen LogP contribution in [0.4, 0.5) is 5.69 Å². The summed E-state index contributed by atoms with van der Waals surface area (Å²) in [5, 5.41) is 2.23. The van der Waals surface area contributed by atoms with E-state index in [2.05, 4.69) is 46.2 Å². The molecule has 0 bridgehead atoms. The van der Waals surface area contributed by atoms with Crippen LogP contribution in [0, 0.1) is 0 Å². The number of rotatable bonds is 10. The molecule has 1 aromatic heterocycles. The second kappa shape index (κ2) is 13.4. The number of nitrogens with one attached hydrogen (secondary N) is 1. The zero-order valence-electron chi connectivity index (χ0n) is 28.5. The summed E-state index contributed by atoms with van der Waals surface area (Å²) >= 11 is 0. The van der Waals surface area contributed by atoms with E-state index in [-0.39, 0.29) is 53.7 Å². The molecule has 12 nitrogen and oxygen atoms in total. The van der Waals surface area contributed by atoms with Crippen molar-refractivity contribution in [1.82, 2.24) is 20.2 Å². The van der Waals surface area contributed by atoms with E-state index >= 15 is 0 Å². The van der Waals surface area contributed by atoms with Gasteiger partial charge in [-0.2, -0.15) is 0 Å². The first kappa shape index (κ1) is 33.6. The quantitative estimate of drug-likeness (QED) is 0.185. The number of Topliss-reactive ketones (excluding diaryl/α,β-unsaturated/α-hetero) is 1. The first-order valence-electron chi connectivity index (χ1n) is 16.9. The van der Waals surface area contributed by atoms with Crippen LogP contribution in [0.2, 0.25) is 0 Å². The number of anilines is 1. The summed E-state index contributed by atoms with van der Waals surface area (Å²) in [6.07, 6.45) is 2.46. The van der Waals surface area contributed by atoms with E-state index in [4.69, 9.17) is 9.47 Å².